The number of nitrogens with zero attached hydrogens (tertiary/aromatic N) is 6. The molecule has 2 aromatic heterocycles. The molecule has 3 heterocycles. The Morgan fingerprint density at radius 1 is 1.32 bits per heavy atom. The van der Waals surface area contributed by atoms with Gasteiger partial charge in [-0.05, 0) is 13.0 Å². The molecule has 0 radical (unpaired) electrons. The summed E-state index contributed by atoms with van der Waals surface area (Å²) < 4.78 is 17.2. The van der Waals surface area contributed by atoms with Gasteiger partial charge in [0.2, 0.25) is 5.95 Å². The fourth-order valence-corrected chi connectivity index (χ4v) is 2.80. The molecule has 4 rings (SSSR count). The lowest BCUT2D eigenvalue weighted by Crippen LogP contribution is -2.34. The van der Waals surface area contributed by atoms with Crippen molar-refractivity contribution in [2.24, 2.45) is 0 Å². The Morgan fingerprint density at radius 2 is 2.16 bits per heavy atom. The molecule has 0 spiro atoms. The van der Waals surface area contributed by atoms with Gasteiger partial charge in [-0.25, -0.2) is 18.9 Å². The van der Waals surface area contributed by atoms with Gasteiger partial charge in [-0.15, -0.1) is 5.10 Å². The maximum atomic E-state index is 13.8. The number of carbonyl (C=O) groups excluding carboxylic acids is 1. The van der Waals surface area contributed by atoms with Gasteiger partial charge in [-0.3, -0.25) is 10.2 Å². The van der Waals surface area contributed by atoms with Crippen molar-refractivity contribution in [3.8, 4) is 0 Å². The Bertz CT molecular complexity index is 932. The van der Waals surface area contributed by atoms with Gasteiger partial charge in [0, 0.05) is 31.0 Å². The first-order chi connectivity index (χ1) is 12.1. The topological polar surface area (TPSA) is 80.9 Å². The minimum absolute atomic E-state index is 0.246. The van der Waals surface area contributed by atoms with Crippen LogP contribution in [0.1, 0.15) is 11.3 Å². The zero-order valence-electron chi connectivity index (χ0n) is 13.6. The van der Waals surface area contributed by atoms with Crippen LogP contribution in [0.15, 0.2) is 36.7 Å². The zero-order chi connectivity index (χ0) is 17.4. The fraction of sp³-hybridized carbons (Fsp3) is 0.250. The lowest BCUT2D eigenvalue weighted by atomic mass is 10.2. The maximum Gasteiger partial charge on any atom is 0.329 e. The molecule has 1 N–H and O–H groups in total. The quantitative estimate of drug-likeness (QED) is 0.790. The minimum atomic E-state index is -0.314. The number of aromatic nitrogens is 5. The third-order valence-electron chi connectivity index (χ3n) is 4.23. The van der Waals surface area contributed by atoms with Gasteiger partial charge in [0.15, 0.2) is 5.82 Å². The van der Waals surface area contributed by atoms with Gasteiger partial charge >= 0.3 is 6.03 Å². The molecule has 3 aromatic rings. The number of benzene rings is 1. The molecular formula is C16H16FN7O. The normalized spacial score (nSPS) is 13.1. The molecule has 0 atom stereocenters. The van der Waals surface area contributed by atoms with Crippen LogP contribution < -0.4 is 10.2 Å². The monoisotopic (exact) mass is 341 g/mol. The smallest absolute Gasteiger partial charge is 0.315 e. The van der Waals surface area contributed by atoms with E-state index in [9.17, 15) is 9.18 Å². The van der Waals surface area contributed by atoms with E-state index >= 15 is 0 Å². The van der Waals surface area contributed by atoms with Gasteiger partial charge in [0.05, 0.1) is 12.2 Å². The van der Waals surface area contributed by atoms with Crippen LogP contribution in [-0.4, -0.2) is 37.1 Å². The molecule has 9 heteroatoms. The van der Waals surface area contributed by atoms with Crippen LogP contribution in [0.3, 0.4) is 0 Å². The van der Waals surface area contributed by atoms with E-state index < -0.39 is 0 Å². The predicted octanol–water partition coefficient (Wildman–Crippen LogP) is 2.02. The summed E-state index contributed by atoms with van der Waals surface area (Å²) in [4.78, 5) is 18.2. The Morgan fingerprint density at radius 3 is 3.00 bits per heavy atom. The van der Waals surface area contributed by atoms with E-state index in [-0.39, 0.29) is 18.4 Å². The Hall–Kier alpha value is -3.23. The van der Waals surface area contributed by atoms with Crippen molar-refractivity contribution in [1.82, 2.24) is 24.5 Å². The zero-order valence-corrected chi connectivity index (χ0v) is 13.6. The van der Waals surface area contributed by atoms with Crippen LogP contribution in [0, 0.1) is 12.7 Å². The van der Waals surface area contributed by atoms with Gasteiger partial charge < -0.3 is 4.57 Å². The van der Waals surface area contributed by atoms with E-state index in [4.69, 9.17) is 0 Å². The molecule has 0 aliphatic carbocycles. The number of rotatable bonds is 3. The molecule has 0 saturated carbocycles. The summed E-state index contributed by atoms with van der Waals surface area (Å²) >= 11 is 0. The fourth-order valence-electron chi connectivity index (χ4n) is 2.80. The average molecular weight is 341 g/mol. The standard InChI is InChI=1S/C16H16FN7O/c1-11-14(19-16(25)23-9-8-22-7-6-18-15(22)23)20-21-24(11)10-12-4-2-3-5-13(12)17/h2-7H,8-10H2,1H3,(H,19,25). The second kappa shape index (κ2) is 6.00. The highest BCUT2D eigenvalue weighted by Gasteiger charge is 2.26. The van der Waals surface area contributed by atoms with Gasteiger partial charge in [0.1, 0.15) is 5.82 Å². The van der Waals surface area contributed by atoms with Crippen molar-refractivity contribution in [2.75, 3.05) is 16.8 Å². The summed E-state index contributed by atoms with van der Waals surface area (Å²) in [5.41, 5.74) is 1.16. The lowest BCUT2D eigenvalue weighted by Gasteiger charge is -2.14. The van der Waals surface area contributed by atoms with Crippen molar-refractivity contribution >= 4 is 17.8 Å². The van der Waals surface area contributed by atoms with Crippen molar-refractivity contribution in [1.29, 1.82) is 0 Å². The van der Waals surface area contributed by atoms with E-state index in [1.54, 1.807) is 40.9 Å². The molecule has 0 unspecified atom stereocenters. The van der Waals surface area contributed by atoms with E-state index in [2.05, 4.69) is 20.6 Å². The summed E-state index contributed by atoms with van der Waals surface area (Å²) in [6.07, 6.45) is 3.49. The first-order valence-electron chi connectivity index (χ1n) is 7.86. The lowest BCUT2D eigenvalue weighted by molar-refractivity contribution is 0.257. The number of hydrogen-bond donors (Lipinski definition) is 1. The summed E-state index contributed by atoms with van der Waals surface area (Å²) in [6, 6.07) is 6.19. The molecule has 1 aliphatic heterocycles. The predicted molar refractivity (Wildman–Crippen MR) is 88.9 cm³/mol. The maximum absolute atomic E-state index is 13.8. The summed E-state index contributed by atoms with van der Waals surface area (Å²) in [6.45, 7) is 3.29. The van der Waals surface area contributed by atoms with Crippen molar-refractivity contribution in [3.63, 3.8) is 0 Å². The second-order valence-electron chi connectivity index (χ2n) is 5.77. The number of imidazole rings is 1. The summed E-state index contributed by atoms with van der Waals surface area (Å²) in [7, 11) is 0. The van der Waals surface area contributed by atoms with Gasteiger partial charge in [-0.2, -0.15) is 0 Å². The summed E-state index contributed by atoms with van der Waals surface area (Å²) in [5.74, 6) is 0.659. The van der Waals surface area contributed by atoms with Crippen LogP contribution >= 0.6 is 0 Å². The van der Waals surface area contributed by atoms with Crippen LogP contribution in [0.25, 0.3) is 0 Å². The molecule has 2 amide bonds. The molecule has 1 aromatic carbocycles. The number of hydrogen-bond acceptors (Lipinski definition) is 4. The first-order valence-corrected chi connectivity index (χ1v) is 7.86. The molecule has 0 fully saturated rings. The van der Waals surface area contributed by atoms with Crippen molar-refractivity contribution in [2.45, 2.75) is 20.0 Å². The second-order valence-corrected chi connectivity index (χ2v) is 5.77. The molecule has 128 valence electrons. The SMILES string of the molecule is Cc1c(NC(=O)N2CCn3ccnc32)nnn1Cc1ccccc1F. The number of anilines is 2. The average Bonchev–Trinajstić information content (AvgIpc) is 3.28. The van der Waals surface area contributed by atoms with E-state index in [0.29, 0.717) is 36.1 Å². The third kappa shape index (κ3) is 2.73. The van der Waals surface area contributed by atoms with Crippen LogP contribution in [0.5, 0.6) is 0 Å². The highest BCUT2D eigenvalue weighted by molar-refractivity contribution is 6.00. The highest BCUT2D eigenvalue weighted by Crippen LogP contribution is 2.20. The number of amides is 2. The van der Waals surface area contributed by atoms with E-state index in [0.717, 1.165) is 0 Å². The van der Waals surface area contributed by atoms with Crippen LogP contribution in [-0.2, 0) is 13.1 Å². The summed E-state index contributed by atoms with van der Waals surface area (Å²) in [5, 5.41) is 10.8. The number of fused-ring (bicyclic) bond motifs is 1. The van der Waals surface area contributed by atoms with Gasteiger partial charge in [0.25, 0.3) is 0 Å². The molecule has 1 aliphatic rings. The number of urea groups is 1. The molecule has 0 bridgehead atoms. The Labute approximate surface area is 142 Å². The van der Waals surface area contributed by atoms with E-state index in [1.807, 2.05) is 10.8 Å². The molecule has 0 saturated heterocycles. The van der Waals surface area contributed by atoms with Gasteiger partial charge in [-0.1, -0.05) is 23.4 Å². The minimum Gasteiger partial charge on any atom is -0.315 e. The molecular weight excluding hydrogens is 325 g/mol. The number of halogens is 1. The Balaban J connectivity index is 1.50. The van der Waals surface area contributed by atoms with Crippen molar-refractivity contribution < 1.29 is 9.18 Å². The van der Waals surface area contributed by atoms with E-state index in [1.165, 1.54) is 6.07 Å². The Kier molecular flexibility index (Phi) is 3.68. The highest BCUT2D eigenvalue weighted by atomic mass is 19.1. The molecule has 8 nitrogen and oxygen atoms in total. The molecule has 25 heavy (non-hydrogen) atoms. The van der Waals surface area contributed by atoms with Crippen LogP contribution in [0.2, 0.25) is 0 Å². The number of carbonyl (C=O) groups is 1. The van der Waals surface area contributed by atoms with Crippen molar-refractivity contribution in [3.05, 3.63) is 53.7 Å². The first kappa shape index (κ1) is 15.3. The third-order valence-corrected chi connectivity index (χ3v) is 4.23. The largest absolute Gasteiger partial charge is 0.329 e. The van der Waals surface area contributed by atoms with Crippen LogP contribution in [0.4, 0.5) is 21.0 Å². The number of nitrogens with one attached hydrogen (secondary N) is 1.